The van der Waals surface area contributed by atoms with Gasteiger partial charge in [0.15, 0.2) is 0 Å². The molecule has 15 heavy (non-hydrogen) atoms. The van der Waals surface area contributed by atoms with Gasteiger partial charge < -0.3 is 4.74 Å². The first kappa shape index (κ1) is 14.5. The molecule has 0 N–H and O–H groups in total. The zero-order valence-electron chi connectivity index (χ0n) is 11.3. The minimum absolute atomic E-state index is 0.00694. The SMILES string of the molecule is CCC(C)(C)C(CC(C)(C)C)C(=O)OC. The largest absolute Gasteiger partial charge is 0.469 e. The number of esters is 1. The van der Waals surface area contributed by atoms with Crippen molar-refractivity contribution in [3.05, 3.63) is 0 Å². The molecule has 0 heterocycles. The second kappa shape index (κ2) is 5.00. The Hall–Kier alpha value is -0.530. The van der Waals surface area contributed by atoms with Gasteiger partial charge in [0.05, 0.1) is 13.0 Å². The molecule has 1 unspecified atom stereocenters. The van der Waals surface area contributed by atoms with Crippen molar-refractivity contribution in [1.29, 1.82) is 0 Å². The minimum Gasteiger partial charge on any atom is -0.469 e. The molecule has 0 rings (SSSR count). The zero-order valence-corrected chi connectivity index (χ0v) is 11.3. The lowest BCUT2D eigenvalue weighted by atomic mass is 9.70. The normalized spacial score (nSPS) is 14.9. The van der Waals surface area contributed by atoms with Crippen molar-refractivity contribution in [2.75, 3.05) is 7.11 Å². The molecule has 0 radical (unpaired) electrons. The minimum atomic E-state index is -0.0724. The van der Waals surface area contributed by atoms with E-state index in [0.29, 0.717) is 0 Å². The van der Waals surface area contributed by atoms with E-state index in [-0.39, 0.29) is 22.7 Å². The fourth-order valence-corrected chi connectivity index (χ4v) is 1.68. The van der Waals surface area contributed by atoms with E-state index in [2.05, 4.69) is 41.5 Å². The average molecular weight is 214 g/mol. The van der Waals surface area contributed by atoms with Gasteiger partial charge in [0, 0.05) is 0 Å². The van der Waals surface area contributed by atoms with Crippen LogP contribution in [0.5, 0.6) is 0 Å². The van der Waals surface area contributed by atoms with Gasteiger partial charge in [-0.1, -0.05) is 48.0 Å². The third-order valence-corrected chi connectivity index (χ3v) is 3.16. The fourth-order valence-electron chi connectivity index (χ4n) is 1.68. The van der Waals surface area contributed by atoms with E-state index >= 15 is 0 Å². The molecule has 0 spiro atoms. The first-order valence-electron chi connectivity index (χ1n) is 5.72. The highest BCUT2D eigenvalue weighted by atomic mass is 16.5. The molecule has 0 aliphatic carbocycles. The summed E-state index contributed by atoms with van der Waals surface area (Å²) in [5.41, 5.74) is 0.172. The van der Waals surface area contributed by atoms with Gasteiger partial charge in [-0.25, -0.2) is 0 Å². The molecule has 0 aliphatic rings. The lowest BCUT2D eigenvalue weighted by molar-refractivity contribution is -0.151. The Kier molecular flexibility index (Phi) is 4.82. The van der Waals surface area contributed by atoms with Crippen molar-refractivity contribution in [3.63, 3.8) is 0 Å². The van der Waals surface area contributed by atoms with Gasteiger partial charge in [-0.05, 0) is 17.3 Å². The van der Waals surface area contributed by atoms with Crippen LogP contribution in [-0.2, 0) is 9.53 Å². The molecule has 2 nitrogen and oxygen atoms in total. The van der Waals surface area contributed by atoms with E-state index in [1.54, 1.807) is 0 Å². The molecular formula is C13H26O2. The summed E-state index contributed by atoms with van der Waals surface area (Å²) in [5, 5.41) is 0. The Morgan fingerprint density at radius 2 is 1.67 bits per heavy atom. The summed E-state index contributed by atoms with van der Waals surface area (Å²) in [6.45, 7) is 12.9. The van der Waals surface area contributed by atoms with E-state index < -0.39 is 0 Å². The summed E-state index contributed by atoms with van der Waals surface area (Å²) >= 11 is 0. The van der Waals surface area contributed by atoms with Gasteiger partial charge in [0.1, 0.15) is 0 Å². The van der Waals surface area contributed by atoms with Crippen LogP contribution in [0.3, 0.4) is 0 Å². The van der Waals surface area contributed by atoms with Crippen LogP contribution in [0.15, 0.2) is 0 Å². The zero-order chi connectivity index (χ0) is 12.3. The van der Waals surface area contributed by atoms with Crippen LogP contribution in [-0.4, -0.2) is 13.1 Å². The average Bonchev–Trinajstić information content (AvgIpc) is 2.11. The van der Waals surface area contributed by atoms with Crippen molar-refractivity contribution < 1.29 is 9.53 Å². The maximum atomic E-state index is 11.8. The molecule has 90 valence electrons. The number of methoxy groups -OCH3 is 1. The van der Waals surface area contributed by atoms with Crippen LogP contribution in [0.25, 0.3) is 0 Å². The van der Waals surface area contributed by atoms with Crippen LogP contribution in [0.4, 0.5) is 0 Å². The number of carbonyl (C=O) groups excluding carboxylic acids is 1. The first-order chi connectivity index (χ1) is 6.64. The molecule has 0 aromatic rings. The van der Waals surface area contributed by atoms with E-state index in [1.807, 2.05) is 0 Å². The molecule has 0 fully saturated rings. The molecule has 0 aliphatic heterocycles. The summed E-state index contributed by atoms with van der Waals surface area (Å²) in [7, 11) is 1.48. The van der Waals surface area contributed by atoms with E-state index in [9.17, 15) is 4.79 Å². The molecule has 0 saturated heterocycles. The highest BCUT2D eigenvalue weighted by Gasteiger charge is 2.37. The predicted molar refractivity (Wildman–Crippen MR) is 63.7 cm³/mol. The Balaban J connectivity index is 4.82. The van der Waals surface area contributed by atoms with Gasteiger partial charge in [0.25, 0.3) is 0 Å². The number of rotatable bonds is 4. The third-order valence-electron chi connectivity index (χ3n) is 3.16. The molecular weight excluding hydrogens is 188 g/mol. The van der Waals surface area contributed by atoms with Crippen LogP contribution >= 0.6 is 0 Å². The monoisotopic (exact) mass is 214 g/mol. The van der Waals surface area contributed by atoms with Crippen molar-refractivity contribution in [1.82, 2.24) is 0 Å². The van der Waals surface area contributed by atoms with Gasteiger partial charge in [-0.15, -0.1) is 0 Å². The van der Waals surface area contributed by atoms with E-state index in [0.717, 1.165) is 12.8 Å². The number of hydrogen-bond donors (Lipinski definition) is 0. The number of hydrogen-bond acceptors (Lipinski definition) is 2. The topological polar surface area (TPSA) is 26.3 Å². The summed E-state index contributed by atoms with van der Waals surface area (Å²) in [6.07, 6.45) is 1.86. The predicted octanol–water partition coefficient (Wildman–Crippen LogP) is 3.65. The molecule has 0 aromatic heterocycles. The Labute approximate surface area is 94.4 Å². The van der Waals surface area contributed by atoms with Crippen LogP contribution in [0, 0.1) is 16.7 Å². The first-order valence-corrected chi connectivity index (χ1v) is 5.72. The summed E-state index contributed by atoms with van der Waals surface area (Å²) in [6, 6.07) is 0. The molecule has 2 heteroatoms. The maximum Gasteiger partial charge on any atom is 0.309 e. The van der Waals surface area contributed by atoms with Gasteiger partial charge >= 0.3 is 5.97 Å². The van der Waals surface area contributed by atoms with Crippen molar-refractivity contribution in [3.8, 4) is 0 Å². The van der Waals surface area contributed by atoms with E-state index in [1.165, 1.54) is 7.11 Å². The molecule has 1 atom stereocenters. The maximum absolute atomic E-state index is 11.8. The van der Waals surface area contributed by atoms with E-state index in [4.69, 9.17) is 4.74 Å². The number of carbonyl (C=O) groups is 1. The van der Waals surface area contributed by atoms with Crippen LogP contribution in [0.1, 0.15) is 54.4 Å². The molecule has 0 bridgehead atoms. The fraction of sp³-hybridized carbons (Fsp3) is 0.923. The van der Waals surface area contributed by atoms with Gasteiger partial charge in [0.2, 0.25) is 0 Å². The van der Waals surface area contributed by atoms with Crippen molar-refractivity contribution >= 4 is 5.97 Å². The van der Waals surface area contributed by atoms with Crippen molar-refractivity contribution in [2.45, 2.75) is 54.4 Å². The summed E-state index contributed by atoms with van der Waals surface area (Å²) in [4.78, 5) is 11.8. The highest BCUT2D eigenvalue weighted by molar-refractivity contribution is 5.73. The van der Waals surface area contributed by atoms with Gasteiger partial charge in [-0.2, -0.15) is 0 Å². The Bertz CT molecular complexity index is 211. The van der Waals surface area contributed by atoms with Crippen LogP contribution in [0.2, 0.25) is 0 Å². The quantitative estimate of drug-likeness (QED) is 0.668. The molecule has 0 amide bonds. The Morgan fingerprint density at radius 3 is 1.93 bits per heavy atom. The second-order valence-electron chi connectivity index (χ2n) is 6.18. The highest BCUT2D eigenvalue weighted by Crippen LogP contribution is 2.39. The number of ether oxygens (including phenoxy) is 1. The standard InChI is InChI=1S/C13H26O2/c1-8-13(5,6)10(11(14)15-7)9-12(2,3)4/h10H,8-9H2,1-7H3. The van der Waals surface area contributed by atoms with Crippen molar-refractivity contribution in [2.24, 2.45) is 16.7 Å². The lowest BCUT2D eigenvalue weighted by Gasteiger charge is -2.35. The summed E-state index contributed by atoms with van der Waals surface area (Å²) < 4.78 is 4.91. The summed E-state index contributed by atoms with van der Waals surface area (Å²) in [5.74, 6) is -0.0794. The van der Waals surface area contributed by atoms with Crippen LogP contribution < -0.4 is 0 Å². The Morgan fingerprint density at radius 1 is 1.20 bits per heavy atom. The smallest absolute Gasteiger partial charge is 0.309 e. The lowest BCUT2D eigenvalue weighted by Crippen LogP contribution is -2.34. The van der Waals surface area contributed by atoms with Gasteiger partial charge in [-0.3, -0.25) is 4.79 Å². The molecule has 0 aromatic carbocycles. The third kappa shape index (κ3) is 4.67. The molecule has 0 saturated carbocycles. The second-order valence-corrected chi connectivity index (χ2v) is 6.18.